The summed E-state index contributed by atoms with van der Waals surface area (Å²) in [6.07, 6.45) is 3.13. The molecule has 0 radical (unpaired) electrons. The molecule has 1 amide bonds. The number of amides is 1. The zero-order chi connectivity index (χ0) is 22.5. The van der Waals surface area contributed by atoms with Crippen LogP contribution in [0, 0.1) is 0 Å². The van der Waals surface area contributed by atoms with Crippen molar-refractivity contribution in [3.63, 3.8) is 0 Å². The second-order valence-corrected chi connectivity index (χ2v) is 9.32. The summed E-state index contributed by atoms with van der Waals surface area (Å²) in [7, 11) is 0. The Morgan fingerprint density at radius 1 is 1.06 bits per heavy atom. The number of aliphatic hydroxyl groups is 1. The standard InChI is InChI=1S/C24H28Cl2N2O4/c25-16-1-8-21(9-2-16)31-14-20(29)13-27-18-4-6-19(7-5-18)28-24(30)23-12-15-11-17(26)3-10-22(15)32-23/h1-3,8-11,18-20,23,27,29H,4-7,12-14H2,(H,28,30)/t18-,19-,20?,23?. The normalized spacial score (nSPS) is 23.2. The average Bonchev–Trinajstić information content (AvgIpc) is 3.21. The minimum absolute atomic E-state index is 0.0662. The zero-order valence-corrected chi connectivity index (χ0v) is 19.2. The third-order valence-corrected chi connectivity index (χ3v) is 6.45. The van der Waals surface area contributed by atoms with Gasteiger partial charge >= 0.3 is 0 Å². The Morgan fingerprint density at radius 2 is 1.75 bits per heavy atom. The fourth-order valence-corrected chi connectivity index (χ4v) is 4.50. The molecule has 8 heteroatoms. The third-order valence-electron chi connectivity index (χ3n) is 5.96. The van der Waals surface area contributed by atoms with Crippen molar-refractivity contribution in [3.8, 4) is 11.5 Å². The van der Waals surface area contributed by atoms with E-state index in [1.165, 1.54) is 0 Å². The van der Waals surface area contributed by atoms with Gasteiger partial charge in [-0.1, -0.05) is 23.2 Å². The second-order valence-electron chi connectivity index (χ2n) is 8.45. The molecule has 2 unspecified atom stereocenters. The summed E-state index contributed by atoms with van der Waals surface area (Å²) < 4.78 is 11.4. The summed E-state index contributed by atoms with van der Waals surface area (Å²) in [6.45, 7) is 0.682. The molecule has 4 rings (SSSR count). The highest BCUT2D eigenvalue weighted by Gasteiger charge is 2.31. The molecular weight excluding hydrogens is 451 g/mol. The maximum absolute atomic E-state index is 12.6. The lowest BCUT2D eigenvalue weighted by molar-refractivity contribution is -0.128. The number of nitrogens with one attached hydrogen (secondary N) is 2. The number of hydrogen-bond acceptors (Lipinski definition) is 5. The highest BCUT2D eigenvalue weighted by atomic mass is 35.5. The number of fused-ring (bicyclic) bond motifs is 1. The van der Waals surface area contributed by atoms with E-state index in [1.54, 1.807) is 30.3 Å². The lowest BCUT2D eigenvalue weighted by Gasteiger charge is -2.30. The molecule has 6 nitrogen and oxygen atoms in total. The van der Waals surface area contributed by atoms with Crippen LogP contribution >= 0.6 is 23.2 Å². The largest absolute Gasteiger partial charge is 0.491 e. The molecule has 1 aliphatic carbocycles. The lowest BCUT2D eigenvalue weighted by atomic mass is 9.91. The van der Waals surface area contributed by atoms with E-state index in [2.05, 4.69) is 10.6 Å². The summed E-state index contributed by atoms with van der Waals surface area (Å²) in [4.78, 5) is 12.6. The Balaban J connectivity index is 1.12. The van der Waals surface area contributed by atoms with Gasteiger partial charge in [0.1, 0.15) is 24.2 Å². The fourth-order valence-electron chi connectivity index (χ4n) is 4.18. The van der Waals surface area contributed by atoms with E-state index in [0.717, 1.165) is 37.0 Å². The summed E-state index contributed by atoms with van der Waals surface area (Å²) in [6, 6.07) is 13.0. The van der Waals surface area contributed by atoms with E-state index in [-0.39, 0.29) is 18.6 Å². The number of benzene rings is 2. The van der Waals surface area contributed by atoms with E-state index >= 15 is 0 Å². The first-order valence-corrected chi connectivity index (χ1v) is 11.8. The summed E-state index contributed by atoms with van der Waals surface area (Å²) in [5, 5.41) is 18.0. The molecule has 1 saturated carbocycles. The number of carbonyl (C=O) groups excluding carboxylic acids is 1. The zero-order valence-electron chi connectivity index (χ0n) is 17.7. The molecule has 2 atom stereocenters. The molecular formula is C24H28Cl2N2O4. The Bertz CT molecular complexity index is 917. The van der Waals surface area contributed by atoms with Crippen LogP contribution in [0.15, 0.2) is 42.5 Å². The van der Waals surface area contributed by atoms with E-state index in [0.29, 0.717) is 34.8 Å². The van der Waals surface area contributed by atoms with Crippen molar-refractivity contribution >= 4 is 29.1 Å². The Kier molecular flexibility index (Phi) is 7.79. The molecule has 1 heterocycles. The molecule has 172 valence electrons. The predicted octanol–water partition coefficient (Wildman–Crippen LogP) is 3.75. The van der Waals surface area contributed by atoms with Gasteiger partial charge < -0.3 is 25.2 Å². The average molecular weight is 479 g/mol. The first-order chi connectivity index (χ1) is 15.5. The van der Waals surface area contributed by atoms with Crippen molar-refractivity contribution in [2.75, 3.05) is 13.2 Å². The molecule has 0 saturated heterocycles. The van der Waals surface area contributed by atoms with Crippen LogP contribution in [-0.4, -0.2) is 48.5 Å². The highest BCUT2D eigenvalue weighted by molar-refractivity contribution is 6.30. The Hall–Kier alpha value is -1.99. The van der Waals surface area contributed by atoms with Gasteiger partial charge in [0, 0.05) is 35.1 Å². The Labute approximate surface area is 198 Å². The van der Waals surface area contributed by atoms with Gasteiger partial charge in [-0.3, -0.25) is 4.79 Å². The maximum Gasteiger partial charge on any atom is 0.261 e. The van der Waals surface area contributed by atoms with Gasteiger partial charge in [0.25, 0.3) is 5.91 Å². The van der Waals surface area contributed by atoms with Gasteiger partial charge in [-0.15, -0.1) is 0 Å². The van der Waals surface area contributed by atoms with Crippen LogP contribution in [0.5, 0.6) is 11.5 Å². The van der Waals surface area contributed by atoms with Crippen molar-refractivity contribution in [2.45, 2.75) is 56.4 Å². The maximum atomic E-state index is 12.6. The summed E-state index contributed by atoms with van der Waals surface area (Å²) >= 11 is 11.9. The van der Waals surface area contributed by atoms with Crippen molar-refractivity contribution in [1.29, 1.82) is 0 Å². The monoisotopic (exact) mass is 478 g/mol. The van der Waals surface area contributed by atoms with Crippen LogP contribution in [0.25, 0.3) is 0 Å². The van der Waals surface area contributed by atoms with Gasteiger partial charge in [0.05, 0.1) is 0 Å². The predicted molar refractivity (Wildman–Crippen MR) is 125 cm³/mol. The van der Waals surface area contributed by atoms with Gasteiger partial charge in [-0.2, -0.15) is 0 Å². The first-order valence-electron chi connectivity index (χ1n) is 11.0. The van der Waals surface area contributed by atoms with Crippen LogP contribution < -0.4 is 20.1 Å². The molecule has 1 aliphatic heterocycles. The van der Waals surface area contributed by atoms with E-state index in [9.17, 15) is 9.90 Å². The number of rotatable bonds is 8. The number of halogens is 2. The summed E-state index contributed by atoms with van der Waals surface area (Å²) in [5.74, 6) is 1.35. The van der Waals surface area contributed by atoms with Crippen LogP contribution in [0.4, 0.5) is 0 Å². The van der Waals surface area contributed by atoms with Crippen molar-refractivity contribution in [3.05, 3.63) is 58.1 Å². The molecule has 1 fully saturated rings. The molecule has 2 aromatic rings. The fraction of sp³-hybridized carbons (Fsp3) is 0.458. The lowest BCUT2D eigenvalue weighted by Crippen LogP contribution is -2.47. The smallest absolute Gasteiger partial charge is 0.261 e. The van der Waals surface area contributed by atoms with Gasteiger partial charge in [-0.05, 0) is 73.7 Å². The topological polar surface area (TPSA) is 79.8 Å². The SMILES string of the molecule is O=C(N[C@H]1CC[C@H](NCC(O)COc2ccc(Cl)cc2)CC1)C1Cc2cc(Cl)ccc2O1. The molecule has 0 aromatic heterocycles. The molecule has 3 N–H and O–H groups in total. The van der Waals surface area contributed by atoms with E-state index < -0.39 is 12.2 Å². The number of carbonyl (C=O) groups is 1. The highest BCUT2D eigenvalue weighted by Crippen LogP contribution is 2.31. The Morgan fingerprint density at radius 3 is 2.50 bits per heavy atom. The molecule has 0 bridgehead atoms. The van der Waals surface area contributed by atoms with Gasteiger partial charge in [0.15, 0.2) is 6.10 Å². The second kappa shape index (κ2) is 10.8. The minimum Gasteiger partial charge on any atom is -0.491 e. The van der Waals surface area contributed by atoms with Gasteiger partial charge in [-0.25, -0.2) is 0 Å². The number of aliphatic hydroxyl groups excluding tert-OH is 1. The molecule has 32 heavy (non-hydrogen) atoms. The third kappa shape index (κ3) is 6.29. The molecule has 2 aliphatic rings. The summed E-state index contributed by atoms with van der Waals surface area (Å²) in [5.41, 5.74) is 0.976. The van der Waals surface area contributed by atoms with Crippen molar-refractivity contribution < 1.29 is 19.4 Å². The van der Waals surface area contributed by atoms with Crippen LogP contribution in [-0.2, 0) is 11.2 Å². The number of hydrogen-bond donors (Lipinski definition) is 3. The van der Waals surface area contributed by atoms with Gasteiger partial charge in [0.2, 0.25) is 0 Å². The van der Waals surface area contributed by atoms with Crippen LogP contribution in [0.3, 0.4) is 0 Å². The van der Waals surface area contributed by atoms with Crippen molar-refractivity contribution in [2.24, 2.45) is 0 Å². The minimum atomic E-state index is -0.599. The van der Waals surface area contributed by atoms with Crippen molar-refractivity contribution in [1.82, 2.24) is 10.6 Å². The first kappa shape index (κ1) is 23.2. The quantitative estimate of drug-likeness (QED) is 0.538. The van der Waals surface area contributed by atoms with Crippen LogP contribution in [0.2, 0.25) is 10.0 Å². The van der Waals surface area contributed by atoms with Crippen LogP contribution in [0.1, 0.15) is 31.2 Å². The molecule has 2 aromatic carbocycles. The number of ether oxygens (including phenoxy) is 2. The van der Waals surface area contributed by atoms with E-state index in [4.69, 9.17) is 32.7 Å². The molecule has 0 spiro atoms. The van der Waals surface area contributed by atoms with E-state index in [1.807, 2.05) is 12.1 Å².